The van der Waals surface area contributed by atoms with Gasteiger partial charge in [0.15, 0.2) is 15.2 Å². The lowest BCUT2D eigenvalue weighted by molar-refractivity contribution is -0.150. The first-order valence-electron chi connectivity index (χ1n) is 10.3. The monoisotopic (exact) mass is 571 g/mol. The van der Waals surface area contributed by atoms with Crippen molar-refractivity contribution >= 4 is 74.8 Å². The Hall–Kier alpha value is -2.77. The third-order valence-electron chi connectivity index (χ3n) is 4.87. The molecule has 2 aliphatic heterocycles. The van der Waals surface area contributed by atoms with Gasteiger partial charge in [-0.05, 0) is 5.57 Å². The topological polar surface area (TPSA) is 225 Å². The summed E-state index contributed by atoms with van der Waals surface area (Å²) in [5.41, 5.74) is 17.1. The lowest BCUT2D eigenvalue weighted by Crippen LogP contribution is -2.71. The van der Waals surface area contributed by atoms with Crippen LogP contribution in [0.4, 0.5) is 5.13 Å². The molecular formula is C18H21N9O5S4. The molecule has 192 valence electrons. The third kappa shape index (κ3) is 5.47. The fraction of sp³-hybridized carbons (Fsp3) is 0.389. The minimum Gasteiger partial charge on any atom is -0.477 e. The molecule has 0 saturated carbocycles. The van der Waals surface area contributed by atoms with E-state index in [9.17, 15) is 19.5 Å². The highest BCUT2D eigenvalue weighted by molar-refractivity contribution is 8.01. The standard InChI is InChI=1S/C18H21N9O5S4/c19-1-2-32-26-10(8-6-34-17(21)22-8)13(28)23-11-14(29)27-12(16(30)31)7(4-33-15(11)27)5-35-18-25-24-9(3-20)36-18/h6,11,15H,1-5,19-20H2,(H2,21,22)(H,23,28)(H,30,31)/t11?,15-/m1/s1. The van der Waals surface area contributed by atoms with Crippen molar-refractivity contribution in [1.82, 2.24) is 25.4 Å². The van der Waals surface area contributed by atoms with E-state index < -0.39 is 29.2 Å². The molecular weight excluding hydrogens is 551 g/mol. The number of nitrogens with one attached hydrogen (secondary N) is 1. The molecule has 0 bridgehead atoms. The molecule has 2 aliphatic rings. The summed E-state index contributed by atoms with van der Waals surface area (Å²) < 4.78 is 0.659. The molecule has 1 saturated heterocycles. The first-order valence-corrected chi connectivity index (χ1v) is 14.0. The molecule has 2 atom stereocenters. The molecule has 36 heavy (non-hydrogen) atoms. The van der Waals surface area contributed by atoms with Crippen molar-refractivity contribution in [2.24, 2.45) is 16.6 Å². The van der Waals surface area contributed by atoms with Gasteiger partial charge in [-0.1, -0.05) is 28.3 Å². The van der Waals surface area contributed by atoms with Crippen LogP contribution in [-0.4, -0.2) is 84.8 Å². The Morgan fingerprint density at radius 1 is 1.36 bits per heavy atom. The summed E-state index contributed by atoms with van der Waals surface area (Å²) in [6.07, 6.45) is 0. The average Bonchev–Trinajstić information content (AvgIpc) is 3.51. The summed E-state index contributed by atoms with van der Waals surface area (Å²) in [6.45, 7) is 0.531. The molecule has 4 heterocycles. The highest BCUT2D eigenvalue weighted by atomic mass is 32.2. The number of oxime groups is 1. The van der Waals surface area contributed by atoms with Crippen molar-refractivity contribution in [3.63, 3.8) is 0 Å². The number of fused-ring (bicyclic) bond motifs is 1. The molecule has 0 radical (unpaired) electrons. The molecule has 4 rings (SSSR count). The van der Waals surface area contributed by atoms with Gasteiger partial charge in [0.2, 0.25) is 0 Å². The summed E-state index contributed by atoms with van der Waals surface area (Å²) in [5, 5.41) is 26.1. The normalized spacial score (nSPS) is 19.7. The molecule has 2 aromatic heterocycles. The van der Waals surface area contributed by atoms with Gasteiger partial charge in [-0.2, -0.15) is 0 Å². The maximum Gasteiger partial charge on any atom is 0.352 e. The zero-order chi connectivity index (χ0) is 25.8. The van der Waals surface area contributed by atoms with Crippen molar-refractivity contribution in [3.05, 3.63) is 27.4 Å². The highest BCUT2D eigenvalue weighted by Gasteiger charge is 2.54. The van der Waals surface area contributed by atoms with Crippen LogP contribution < -0.4 is 22.5 Å². The molecule has 2 amide bonds. The van der Waals surface area contributed by atoms with Gasteiger partial charge >= 0.3 is 5.97 Å². The van der Waals surface area contributed by atoms with E-state index in [-0.39, 0.29) is 41.9 Å². The molecule has 8 N–H and O–H groups in total. The Kier molecular flexibility index (Phi) is 8.42. The van der Waals surface area contributed by atoms with Crippen molar-refractivity contribution in [3.8, 4) is 0 Å². The van der Waals surface area contributed by atoms with E-state index in [2.05, 4.69) is 25.7 Å². The third-order valence-corrected chi connectivity index (χ3v) is 9.05. The number of thiazole rings is 1. The van der Waals surface area contributed by atoms with Gasteiger partial charge in [0, 0.05) is 30.0 Å². The van der Waals surface area contributed by atoms with Crippen LogP contribution in [0.1, 0.15) is 10.7 Å². The van der Waals surface area contributed by atoms with Gasteiger partial charge in [-0.3, -0.25) is 14.5 Å². The number of carbonyl (C=O) groups excluding carboxylic acids is 2. The number of thioether (sulfide) groups is 2. The first kappa shape index (κ1) is 26.3. The van der Waals surface area contributed by atoms with Crippen LogP contribution in [0.15, 0.2) is 26.1 Å². The van der Waals surface area contributed by atoms with Gasteiger partial charge in [-0.25, -0.2) is 9.78 Å². The van der Waals surface area contributed by atoms with E-state index in [1.54, 1.807) is 0 Å². The summed E-state index contributed by atoms with van der Waals surface area (Å²) in [7, 11) is 0. The highest BCUT2D eigenvalue weighted by Crippen LogP contribution is 2.41. The average molecular weight is 572 g/mol. The zero-order valence-corrected chi connectivity index (χ0v) is 21.7. The number of carboxylic acids is 1. The van der Waals surface area contributed by atoms with E-state index in [4.69, 9.17) is 22.0 Å². The predicted molar refractivity (Wildman–Crippen MR) is 136 cm³/mol. The second-order valence-electron chi connectivity index (χ2n) is 7.21. The Balaban J connectivity index is 1.47. The number of amides is 2. The van der Waals surface area contributed by atoms with Crippen LogP contribution in [0.3, 0.4) is 0 Å². The van der Waals surface area contributed by atoms with Crippen molar-refractivity contribution in [1.29, 1.82) is 0 Å². The van der Waals surface area contributed by atoms with E-state index in [0.717, 1.165) is 11.3 Å². The maximum atomic E-state index is 13.0. The van der Waals surface area contributed by atoms with E-state index >= 15 is 0 Å². The number of rotatable bonds is 11. The van der Waals surface area contributed by atoms with Crippen LogP contribution in [0, 0.1) is 0 Å². The molecule has 1 unspecified atom stereocenters. The number of anilines is 1. The van der Waals surface area contributed by atoms with Crippen molar-refractivity contribution in [2.75, 3.05) is 30.4 Å². The summed E-state index contributed by atoms with van der Waals surface area (Å²) >= 11 is 5.13. The predicted octanol–water partition coefficient (Wildman–Crippen LogP) is -0.754. The van der Waals surface area contributed by atoms with Crippen LogP contribution in [0.2, 0.25) is 0 Å². The largest absolute Gasteiger partial charge is 0.477 e. The number of hydrogen-bond acceptors (Lipinski definition) is 15. The molecule has 0 spiro atoms. The van der Waals surface area contributed by atoms with Crippen LogP contribution in [0.5, 0.6) is 0 Å². The number of β-lactam (4-membered cyclic amide) rings is 1. The second-order valence-corrected chi connectivity index (χ2v) is 11.5. The Labute approximate surface area is 220 Å². The number of nitrogens with two attached hydrogens (primary N) is 3. The van der Waals surface area contributed by atoms with Gasteiger partial charge in [0.1, 0.15) is 34.4 Å². The van der Waals surface area contributed by atoms with Gasteiger partial charge in [-0.15, -0.1) is 33.3 Å². The summed E-state index contributed by atoms with van der Waals surface area (Å²) in [5.74, 6) is -1.78. The second kappa shape index (κ2) is 11.5. The SMILES string of the molecule is NCCON=C(C(=O)NC1C(=O)N2C(C(=O)O)=C(CSc3nnc(CN)s3)CS[C@H]12)c1csc(N)n1. The lowest BCUT2D eigenvalue weighted by Gasteiger charge is -2.49. The van der Waals surface area contributed by atoms with Crippen LogP contribution in [0.25, 0.3) is 0 Å². The van der Waals surface area contributed by atoms with Crippen LogP contribution >= 0.6 is 46.2 Å². The molecule has 18 heteroatoms. The smallest absolute Gasteiger partial charge is 0.352 e. The molecule has 1 fully saturated rings. The molecule has 0 aromatic carbocycles. The van der Waals surface area contributed by atoms with Gasteiger partial charge < -0.3 is 32.5 Å². The number of aromatic nitrogens is 3. The summed E-state index contributed by atoms with van der Waals surface area (Å²) in [4.78, 5) is 48.3. The Morgan fingerprint density at radius 2 is 2.17 bits per heavy atom. The van der Waals surface area contributed by atoms with Crippen molar-refractivity contribution in [2.45, 2.75) is 22.3 Å². The van der Waals surface area contributed by atoms with E-state index in [0.29, 0.717) is 26.4 Å². The van der Waals surface area contributed by atoms with Gasteiger partial charge in [0.25, 0.3) is 11.8 Å². The maximum absolute atomic E-state index is 13.0. The Morgan fingerprint density at radius 3 is 2.81 bits per heavy atom. The van der Waals surface area contributed by atoms with Gasteiger partial charge in [0.05, 0.1) is 0 Å². The minimum atomic E-state index is -1.22. The molecule has 0 aliphatic carbocycles. The fourth-order valence-electron chi connectivity index (χ4n) is 3.30. The minimum absolute atomic E-state index is 0.0726. The van der Waals surface area contributed by atoms with E-state index in [1.807, 2.05) is 0 Å². The number of nitrogen functional groups attached to an aromatic ring is 1. The molecule has 2 aromatic rings. The van der Waals surface area contributed by atoms with E-state index in [1.165, 1.54) is 45.1 Å². The summed E-state index contributed by atoms with van der Waals surface area (Å²) in [6, 6.07) is -0.947. The Bertz CT molecular complexity index is 1230. The quantitative estimate of drug-likeness (QED) is 0.0736. The van der Waals surface area contributed by atoms with Crippen molar-refractivity contribution < 1.29 is 24.3 Å². The fourth-order valence-corrected chi connectivity index (χ4v) is 7.10. The van der Waals surface area contributed by atoms with Crippen LogP contribution in [-0.2, 0) is 25.8 Å². The number of carbonyl (C=O) groups is 3. The number of aliphatic carboxylic acids is 1. The zero-order valence-electron chi connectivity index (χ0n) is 18.4. The number of hydrogen-bond donors (Lipinski definition) is 5. The number of carboxylic acid groups (broad SMARTS) is 1. The number of nitrogens with zero attached hydrogens (tertiary/aromatic N) is 5. The first-order chi connectivity index (χ1) is 17.3. The molecule has 14 nitrogen and oxygen atoms in total. The lowest BCUT2D eigenvalue weighted by atomic mass is 10.0.